The fraction of sp³-hybridized carbons (Fsp3) is 0.600. The van der Waals surface area contributed by atoms with Gasteiger partial charge in [-0.25, -0.2) is 0 Å². The molecule has 0 aromatic heterocycles. The summed E-state index contributed by atoms with van der Waals surface area (Å²) in [7, 11) is 2.36. The van der Waals surface area contributed by atoms with Gasteiger partial charge in [0, 0.05) is 11.5 Å². The Morgan fingerprint density at radius 1 is 1.40 bits per heavy atom. The van der Waals surface area contributed by atoms with Gasteiger partial charge < -0.3 is 9.59 Å². The molecule has 2 nitrogen and oxygen atoms in total. The van der Waals surface area contributed by atoms with E-state index in [1.54, 1.807) is 7.74 Å². The molecule has 0 aliphatic rings. The Kier molecular flexibility index (Phi) is 4.16. The van der Waals surface area contributed by atoms with Gasteiger partial charge in [-0.05, 0) is 0 Å². The van der Waals surface area contributed by atoms with Crippen molar-refractivity contribution >= 4 is 33.5 Å². The van der Waals surface area contributed by atoms with Crippen molar-refractivity contribution in [3.8, 4) is 0 Å². The summed E-state index contributed by atoms with van der Waals surface area (Å²) in [6, 6.07) is 0. The molecule has 52 valence electrons. The molecule has 10 heavy (non-hydrogen) atoms. The molecule has 0 aliphatic carbocycles. The summed E-state index contributed by atoms with van der Waals surface area (Å²) in [4.78, 5) is 21.6. The summed E-state index contributed by atoms with van der Waals surface area (Å²) in [5.74, 6) is -0.00417. The highest BCUT2D eigenvalue weighted by Gasteiger charge is 2.13. The van der Waals surface area contributed by atoms with Gasteiger partial charge >= 0.3 is 0 Å². The third-order valence-electron chi connectivity index (χ3n) is 1.41. The average molecular weight is 136 g/mol. The topological polar surface area (TPSA) is 34.1 Å². The predicted molar refractivity (Wildman–Crippen MR) is 48.1 cm³/mol. The van der Waals surface area contributed by atoms with Gasteiger partial charge in [0.25, 0.3) is 7.28 Å². The maximum Gasteiger partial charge on any atom is 0.271 e. The zero-order valence-corrected chi connectivity index (χ0v) is 6.81. The first-order chi connectivity index (χ1) is 4.57. The normalized spacial score (nSPS) is 9.10. The summed E-state index contributed by atoms with van der Waals surface area (Å²) in [6.07, 6.45) is 0. The molecule has 0 amide bonds. The lowest BCUT2D eigenvalue weighted by atomic mass is 9.40. The third-order valence-corrected chi connectivity index (χ3v) is 1.41. The Morgan fingerprint density at radius 3 is 2.20 bits per heavy atom. The first-order valence-corrected chi connectivity index (χ1v) is 3.62. The number of carbonyl (C=O) groups is 2. The maximum atomic E-state index is 10.9. The van der Waals surface area contributed by atoms with Crippen molar-refractivity contribution < 1.29 is 9.59 Å². The van der Waals surface area contributed by atoms with Gasteiger partial charge in [-0.1, -0.05) is 13.8 Å². The summed E-state index contributed by atoms with van der Waals surface area (Å²) in [5, 5.41) is 0. The Bertz CT molecular complexity index is 144. The molecule has 0 spiro atoms. The van der Waals surface area contributed by atoms with E-state index >= 15 is 0 Å². The van der Waals surface area contributed by atoms with Crippen LogP contribution < -0.4 is 0 Å². The van der Waals surface area contributed by atoms with E-state index in [2.05, 4.69) is 0 Å². The van der Waals surface area contributed by atoms with Crippen LogP contribution in [0.5, 0.6) is 0 Å². The Hall–Kier alpha value is -0.465. The summed E-state index contributed by atoms with van der Waals surface area (Å²) in [5.41, 5.74) is 0.0885. The van der Waals surface area contributed by atoms with Crippen LogP contribution in [0.2, 0.25) is 0 Å². The lowest BCUT2D eigenvalue weighted by Crippen LogP contribution is -2.26. The fourth-order valence-electron chi connectivity index (χ4n) is 0.523. The van der Waals surface area contributed by atoms with Crippen molar-refractivity contribution in [3.63, 3.8) is 0 Å². The van der Waals surface area contributed by atoms with Crippen molar-refractivity contribution in [2.24, 2.45) is 5.92 Å². The Labute approximate surface area is 63.6 Å². The third kappa shape index (κ3) is 3.54. The minimum Gasteiger partial charge on any atom is -0.323 e. The van der Waals surface area contributed by atoms with Crippen molar-refractivity contribution in [1.29, 1.82) is 0 Å². The molecule has 0 aliphatic heterocycles. The monoisotopic (exact) mass is 136 g/mol. The van der Waals surface area contributed by atoms with E-state index in [1.165, 1.54) is 0 Å². The molecule has 0 radical (unpaired) electrons. The number of hydrogen-bond acceptors (Lipinski definition) is 2. The molecule has 5 heteroatoms. The molecule has 0 unspecified atom stereocenters. The first kappa shape index (κ1) is 9.53. The van der Waals surface area contributed by atoms with Crippen molar-refractivity contribution in [1.82, 2.24) is 0 Å². The van der Waals surface area contributed by atoms with E-state index in [4.69, 9.17) is 0 Å². The minimum absolute atomic E-state index is 0.00417. The molecule has 0 bridgehead atoms. The molecule has 0 saturated heterocycles. The standard InChI is InChI=1S/C5H11B3O2/c1-3(2)4(9)7-5(10)8-6/h3,7-8H,6H2,1-2H3. The van der Waals surface area contributed by atoms with Crippen LogP contribution >= 0.6 is 0 Å². The maximum absolute atomic E-state index is 10.9. The molecular weight excluding hydrogens is 124 g/mol. The van der Waals surface area contributed by atoms with Crippen molar-refractivity contribution in [2.75, 3.05) is 0 Å². The van der Waals surface area contributed by atoms with E-state index in [1.807, 2.05) is 13.8 Å². The highest BCUT2D eigenvalue weighted by atomic mass is 16.1. The van der Waals surface area contributed by atoms with Gasteiger partial charge in [0.2, 0.25) is 0 Å². The molecule has 0 atom stereocenters. The van der Waals surface area contributed by atoms with Crippen LogP contribution in [0, 0.1) is 5.92 Å². The van der Waals surface area contributed by atoms with Gasteiger partial charge in [-0.15, -0.1) is 0 Å². The SMILES string of the molecule is BBC(=O)BC(=O)C(C)C. The largest absolute Gasteiger partial charge is 0.323 e. The summed E-state index contributed by atoms with van der Waals surface area (Å²) < 4.78 is 0. The number of rotatable bonds is 4. The molecular formula is C5H11B3O2. The summed E-state index contributed by atoms with van der Waals surface area (Å²) in [6.45, 7) is 3.62. The van der Waals surface area contributed by atoms with E-state index in [0.717, 1.165) is 0 Å². The quantitative estimate of drug-likeness (QED) is 0.450. The molecule has 0 aromatic rings. The first-order valence-electron chi connectivity index (χ1n) is 3.62. The minimum atomic E-state index is -0.00417. The zero-order chi connectivity index (χ0) is 8.15. The second-order valence-electron chi connectivity index (χ2n) is 2.69. The van der Waals surface area contributed by atoms with Crippen molar-refractivity contribution in [2.45, 2.75) is 13.8 Å². The van der Waals surface area contributed by atoms with Gasteiger partial charge in [0.05, 0.1) is 13.4 Å². The van der Waals surface area contributed by atoms with Gasteiger partial charge in [-0.3, -0.25) is 0 Å². The van der Waals surface area contributed by atoms with Crippen LogP contribution in [0.25, 0.3) is 0 Å². The van der Waals surface area contributed by atoms with Crippen LogP contribution in [0.15, 0.2) is 0 Å². The second kappa shape index (κ2) is 4.37. The van der Waals surface area contributed by atoms with E-state index in [0.29, 0.717) is 7.17 Å². The Balaban J connectivity index is 3.69. The molecule has 0 aromatic carbocycles. The zero-order valence-electron chi connectivity index (χ0n) is 6.81. The van der Waals surface area contributed by atoms with Crippen LogP contribution in [0.3, 0.4) is 0 Å². The second-order valence-corrected chi connectivity index (χ2v) is 2.69. The van der Waals surface area contributed by atoms with E-state index in [9.17, 15) is 9.59 Å². The molecule has 0 heterocycles. The molecule has 0 fully saturated rings. The Morgan fingerprint density at radius 2 is 1.90 bits per heavy atom. The van der Waals surface area contributed by atoms with Gasteiger partial charge in [0.15, 0.2) is 7.17 Å². The van der Waals surface area contributed by atoms with E-state index in [-0.39, 0.29) is 24.5 Å². The highest BCUT2D eigenvalue weighted by Crippen LogP contribution is 1.91. The number of carbonyl (C=O) groups excluding carboxylic acids is 2. The smallest absolute Gasteiger partial charge is 0.271 e. The molecule has 0 N–H and O–H groups in total. The lowest BCUT2D eigenvalue weighted by Gasteiger charge is -1.98. The van der Waals surface area contributed by atoms with Crippen LogP contribution in [-0.2, 0) is 4.79 Å². The average Bonchev–Trinajstić information content (AvgIpc) is 1.87. The van der Waals surface area contributed by atoms with Crippen LogP contribution in [0.1, 0.15) is 13.8 Å². The van der Waals surface area contributed by atoms with Gasteiger partial charge in [-0.2, -0.15) is 0 Å². The van der Waals surface area contributed by atoms with Crippen LogP contribution in [-0.4, -0.2) is 33.5 Å². The lowest BCUT2D eigenvalue weighted by molar-refractivity contribution is -0.114. The van der Waals surface area contributed by atoms with Gasteiger partial charge in [0.1, 0.15) is 0 Å². The van der Waals surface area contributed by atoms with Crippen LogP contribution in [0.4, 0.5) is 4.79 Å². The van der Waals surface area contributed by atoms with E-state index < -0.39 is 0 Å². The summed E-state index contributed by atoms with van der Waals surface area (Å²) >= 11 is 0. The number of hydrogen-bond donors (Lipinski definition) is 0. The molecule has 0 saturated carbocycles. The molecule has 0 rings (SSSR count). The fourth-order valence-corrected chi connectivity index (χ4v) is 0.523. The predicted octanol–water partition coefficient (Wildman–Crippen LogP) is -1.29. The highest BCUT2D eigenvalue weighted by molar-refractivity contribution is 7.27. The van der Waals surface area contributed by atoms with Crippen molar-refractivity contribution in [3.05, 3.63) is 0 Å².